The minimum Gasteiger partial charge on any atom is -0.292 e. The van der Waals surface area contributed by atoms with Crippen molar-refractivity contribution in [3.63, 3.8) is 0 Å². The minimum atomic E-state index is -4.34. The van der Waals surface area contributed by atoms with E-state index in [2.05, 4.69) is 9.97 Å². The second-order valence-electron chi connectivity index (χ2n) is 6.90. The normalized spacial score (nSPS) is 13.5. The quantitative estimate of drug-likeness (QED) is 0.454. The SMILES string of the molecule is O=c1nc(SCc2ccc(C(F)(F)F)cc2)c2c(n1Cc1ccncc1)CCC2. The Bertz CT molecular complexity index is 1060. The number of nitrogens with zero attached hydrogens (tertiary/aromatic N) is 3. The van der Waals surface area contributed by atoms with Crippen LogP contribution >= 0.6 is 11.8 Å². The van der Waals surface area contributed by atoms with Gasteiger partial charge in [0.1, 0.15) is 5.03 Å². The van der Waals surface area contributed by atoms with Crippen LogP contribution in [0.4, 0.5) is 13.2 Å². The van der Waals surface area contributed by atoms with Gasteiger partial charge in [0.2, 0.25) is 0 Å². The highest BCUT2D eigenvalue weighted by atomic mass is 32.2. The molecule has 2 aromatic heterocycles. The number of hydrogen-bond acceptors (Lipinski definition) is 4. The van der Waals surface area contributed by atoms with Gasteiger partial charge in [-0.05, 0) is 54.7 Å². The summed E-state index contributed by atoms with van der Waals surface area (Å²) in [4.78, 5) is 21.0. The molecule has 0 radical (unpaired) electrons. The summed E-state index contributed by atoms with van der Waals surface area (Å²) in [5.74, 6) is 0.464. The lowest BCUT2D eigenvalue weighted by Crippen LogP contribution is -2.27. The van der Waals surface area contributed by atoms with E-state index in [0.717, 1.165) is 53.8 Å². The molecule has 0 fully saturated rings. The highest BCUT2D eigenvalue weighted by Crippen LogP contribution is 2.33. The largest absolute Gasteiger partial charge is 0.416 e. The molecule has 1 aliphatic carbocycles. The lowest BCUT2D eigenvalue weighted by Gasteiger charge is -2.14. The van der Waals surface area contributed by atoms with Crippen LogP contribution in [0.5, 0.6) is 0 Å². The third-order valence-electron chi connectivity index (χ3n) is 4.95. The zero-order chi connectivity index (χ0) is 20.4. The number of alkyl halides is 3. The third kappa shape index (κ3) is 4.37. The molecule has 8 heteroatoms. The second-order valence-corrected chi connectivity index (χ2v) is 7.87. The van der Waals surface area contributed by atoms with Gasteiger partial charge in [-0.25, -0.2) is 4.79 Å². The van der Waals surface area contributed by atoms with Gasteiger partial charge in [-0.1, -0.05) is 12.1 Å². The van der Waals surface area contributed by atoms with Crippen LogP contribution in [0, 0.1) is 0 Å². The number of benzene rings is 1. The lowest BCUT2D eigenvalue weighted by atomic mass is 10.1. The Labute approximate surface area is 169 Å². The van der Waals surface area contributed by atoms with Crippen LogP contribution in [0.25, 0.3) is 0 Å². The molecule has 150 valence electrons. The van der Waals surface area contributed by atoms with E-state index in [-0.39, 0.29) is 5.69 Å². The first-order valence-corrected chi connectivity index (χ1v) is 10.2. The standard InChI is InChI=1S/C21H18F3N3OS/c22-21(23,24)16-6-4-15(5-7-16)13-29-19-17-2-1-3-18(17)27(20(28)26-19)12-14-8-10-25-11-9-14/h4-11H,1-3,12-13H2. The first-order chi connectivity index (χ1) is 13.9. The van der Waals surface area contributed by atoms with E-state index in [1.807, 2.05) is 12.1 Å². The van der Waals surface area contributed by atoms with Crippen LogP contribution in [0.3, 0.4) is 0 Å². The number of rotatable bonds is 5. The first-order valence-electron chi connectivity index (χ1n) is 9.22. The van der Waals surface area contributed by atoms with Gasteiger partial charge in [0.05, 0.1) is 12.1 Å². The highest BCUT2D eigenvalue weighted by molar-refractivity contribution is 7.98. The molecule has 2 heterocycles. The lowest BCUT2D eigenvalue weighted by molar-refractivity contribution is -0.137. The van der Waals surface area contributed by atoms with E-state index in [1.165, 1.54) is 23.9 Å². The molecule has 1 aliphatic rings. The predicted octanol–water partition coefficient (Wildman–Crippen LogP) is 4.49. The molecule has 0 spiro atoms. The van der Waals surface area contributed by atoms with Gasteiger partial charge >= 0.3 is 11.9 Å². The molecule has 0 N–H and O–H groups in total. The van der Waals surface area contributed by atoms with Gasteiger partial charge in [0, 0.05) is 29.4 Å². The summed E-state index contributed by atoms with van der Waals surface area (Å²) in [7, 11) is 0. The van der Waals surface area contributed by atoms with Gasteiger partial charge in [-0.3, -0.25) is 9.55 Å². The Kier molecular flexibility index (Phi) is 5.45. The zero-order valence-electron chi connectivity index (χ0n) is 15.4. The maximum absolute atomic E-state index is 12.7. The molecule has 1 aromatic carbocycles. The predicted molar refractivity (Wildman–Crippen MR) is 105 cm³/mol. The van der Waals surface area contributed by atoms with Gasteiger partial charge < -0.3 is 0 Å². The van der Waals surface area contributed by atoms with E-state index in [9.17, 15) is 18.0 Å². The summed E-state index contributed by atoms with van der Waals surface area (Å²) in [6.07, 6.45) is 1.70. The molecule has 29 heavy (non-hydrogen) atoms. The Hall–Kier alpha value is -2.61. The van der Waals surface area contributed by atoms with Gasteiger partial charge in [0.15, 0.2) is 0 Å². The van der Waals surface area contributed by atoms with Crippen molar-refractivity contribution in [1.29, 1.82) is 0 Å². The fourth-order valence-corrected chi connectivity index (χ4v) is 4.51. The number of fused-ring (bicyclic) bond motifs is 1. The highest BCUT2D eigenvalue weighted by Gasteiger charge is 2.30. The Balaban J connectivity index is 1.55. The van der Waals surface area contributed by atoms with Crippen molar-refractivity contribution in [3.8, 4) is 0 Å². The molecule has 3 aromatic rings. The molecule has 4 nitrogen and oxygen atoms in total. The van der Waals surface area contributed by atoms with Crippen molar-refractivity contribution >= 4 is 11.8 Å². The monoisotopic (exact) mass is 417 g/mol. The Morgan fingerprint density at radius 2 is 1.72 bits per heavy atom. The molecule has 0 aliphatic heterocycles. The van der Waals surface area contributed by atoms with Crippen molar-refractivity contribution in [1.82, 2.24) is 14.5 Å². The van der Waals surface area contributed by atoms with E-state index >= 15 is 0 Å². The maximum Gasteiger partial charge on any atom is 0.416 e. The third-order valence-corrected chi connectivity index (χ3v) is 6.04. The van der Waals surface area contributed by atoms with Crippen molar-refractivity contribution < 1.29 is 13.2 Å². The van der Waals surface area contributed by atoms with Crippen LogP contribution in [0.1, 0.15) is 34.4 Å². The van der Waals surface area contributed by atoms with Crippen molar-refractivity contribution in [3.05, 3.63) is 87.2 Å². The second kappa shape index (κ2) is 8.02. The van der Waals surface area contributed by atoms with Crippen molar-refractivity contribution in [2.45, 2.75) is 42.8 Å². The topological polar surface area (TPSA) is 47.8 Å². The maximum atomic E-state index is 12.7. The summed E-state index contributed by atoms with van der Waals surface area (Å²) in [6.45, 7) is 0.459. The number of aromatic nitrogens is 3. The number of hydrogen-bond donors (Lipinski definition) is 0. The molecule has 0 saturated heterocycles. The van der Waals surface area contributed by atoms with Crippen LogP contribution in [0.15, 0.2) is 58.6 Å². The van der Waals surface area contributed by atoms with Gasteiger partial charge in [0.25, 0.3) is 0 Å². The molecule has 0 unspecified atom stereocenters. The molecular formula is C21H18F3N3OS. The fourth-order valence-electron chi connectivity index (χ4n) is 3.48. The molecule has 0 saturated carbocycles. The van der Waals surface area contributed by atoms with E-state index in [1.54, 1.807) is 17.0 Å². The summed E-state index contributed by atoms with van der Waals surface area (Å²) >= 11 is 1.41. The molecule has 4 rings (SSSR count). The molecule has 0 amide bonds. The Morgan fingerprint density at radius 1 is 1.00 bits per heavy atom. The first kappa shape index (κ1) is 19.7. The molecular weight excluding hydrogens is 399 g/mol. The average molecular weight is 417 g/mol. The van der Waals surface area contributed by atoms with E-state index in [0.29, 0.717) is 17.3 Å². The van der Waals surface area contributed by atoms with Crippen molar-refractivity contribution in [2.75, 3.05) is 0 Å². The smallest absolute Gasteiger partial charge is 0.292 e. The fraction of sp³-hybridized carbons (Fsp3) is 0.286. The number of pyridine rings is 1. The Morgan fingerprint density at radius 3 is 2.41 bits per heavy atom. The van der Waals surface area contributed by atoms with Crippen LogP contribution in [-0.2, 0) is 31.3 Å². The van der Waals surface area contributed by atoms with Gasteiger partial charge in [-0.15, -0.1) is 11.8 Å². The van der Waals surface area contributed by atoms with E-state index < -0.39 is 11.7 Å². The minimum absolute atomic E-state index is 0.294. The molecule has 0 bridgehead atoms. The van der Waals surface area contributed by atoms with Crippen LogP contribution < -0.4 is 5.69 Å². The number of halogens is 3. The van der Waals surface area contributed by atoms with Crippen LogP contribution in [0.2, 0.25) is 0 Å². The summed E-state index contributed by atoms with van der Waals surface area (Å²) in [5, 5.41) is 0.688. The molecule has 0 atom stereocenters. The van der Waals surface area contributed by atoms with Gasteiger partial charge in [-0.2, -0.15) is 18.2 Å². The van der Waals surface area contributed by atoms with Crippen molar-refractivity contribution in [2.24, 2.45) is 0 Å². The zero-order valence-corrected chi connectivity index (χ0v) is 16.3. The summed E-state index contributed by atoms with van der Waals surface area (Å²) < 4.78 is 39.8. The van der Waals surface area contributed by atoms with E-state index in [4.69, 9.17) is 0 Å². The van der Waals surface area contributed by atoms with Crippen LogP contribution in [-0.4, -0.2) is 14.5 Å². The average Bonchev–Trinajstić information content (AvgIpc) is 3.19. The summed E-state index contributed by atoms with van der Waals surface area (Å²) in [5.41, 5.74) is 2.88. The number of thioether (sulfide) groups is 1. The summed E-state index contributed by atoms with van der Waals surface area (Å²) in [6, 6.07) is 8.87.